The van der Waals surface area contributed by atoms with Gasteiger partial charge in [-0.1, -0.05) is 18.2 Å². The van der Waals surface area contributed by atoms with Crippen LogP contribution in [0.2, 0.25) is 0 Å². The van der Waals surface area contributed by atoms with Gasteiger partial charge in [-0.15, -0.1) is 11.3 Å². The number of fused-ring (bicyclic) bond motifs is 1. The SMILES string of the molecule is CNCc1sc(-c2coc3ccccc23)nc1C1CC1. The van der Waals surface area contributed by atoms with Gasteiger partial charge in [0.25, 0.3) is 0 Å². The van der Waals surface area contributed by atoms with Crippen molar-refractivity contribution in [2.45, 2.75) is 25.3 Å². The van der Waals surface area contributed by atoms with Crippen molar-refractivity contribution in [1.29, 1.82) is 0 Å². The number of hydrogen-bond acceptors (Lipinski definition) is 4. The van der Waals surface area contributed by atoms with Crippen LogP contribution in [0.3, 0.4) is 0 Å². The van der Waals surface area contributed by atoms with E-state index in [9.17, 15) is 0 Å². The van der Waals surface area contributed by atoms with Crippen LogP contribution < -0.4 is 5.32 Å². The lowest BCUT2D eigenvalue weighted by molar-refractivity contribution is 0.617. The van der Waals surface area contributed by atoms with Gasteiger partial charge in [-0.2, -0.15) is 0 Å². The molecule has 0 radical (unpaired) electrons. The Morgan fingerprint density at radius 3 is 3.00 bits per heavy atom. The number of nitrogens with one attached hydrogen (secondary N) is 1. The molecule has 0 amide bonds. The lowest BCUT2D eigenvalue weighted by Crippen LogP contribution is -2.05. The molecule has 3 aromatic rings. The number of hydrogen-bond donors (Lipinski definition) is 1. The van der Waals surface area contributed by atoms with Crippen LogP contribution in [0, 0.1) is 0 Å². The van der Waals surface area contributed by atoms with Gasteiger partial charge in [-0.25, -0.2) is 4.98 Å². The predicted molar refractivity (Wildman–Crippen MR) is 82.1 cm³/mol. The van der Waals surface area contributed by atoms with Crippen molar-refractivity contribution in [1.82, 2.24) is 10.3 Å². The molecular weight excluding hydrogens is 268 g/mol. The zero-order chi connectivity index (χ0) is 13.5. The maximum absolute atomic E-state index is 5.64. The lowest BCUT2D eigenvalue weighted by Gasteiger charge is -1.97. The summed E-state index contributed by atoms with van der Waals surface area (Å²) in [4.78, 5) is 6.27. The van der Waals surface area contributed by atoms with Crippen molar-refractivity contribution in [3.05, 3.63) is 41.1 Å². The molecule has 1 aliphatic rings. The summed E-state index contributed by atoms with van der Waals surface area (Å²) in [5, 5.41) is 5.49. The number of nitrogens with zero attached hydrogens (tertiary/aromatic N) is 1. The summed E-state index contributed by atoms with van der Waals surface area (Å²) in [5.74, 6) is 0.682. The van der Waals surface area contributed by atoms with Crippen molar-refractivity contribution in [3.8, 4) is 10.6 Å². The molecule has 0 bridgehead atoms. The molecule has 1 fully saturated rings. The smallest absolute Gasteiger partial charge is 0.134 e. The topological polar surface area (TPSA) is 38.1 Å². The second kappa shape index (κ2) is 4.72. The third-order valence-electron chi connectivity index (χ3n) is 3.74. The van der Waals surface area contributed by atoms with Crippen LogP contribution in [0.4, 0.5) is 0 Å². The molecule has 1 saturated carbocycles. The van der Waals surface area contributed by atoms with Gasteiger partial charge >= 0.3 is 0 Å². The number of thiazole rings is 1. The summed E-state index contributed by atoms with van der Waals surface area (Å²) in [7, 11) is 1.99. The molecule has 0 unspecified atom stereocenters. The molecule has 0 spiro atoms. The standard InChI is InChI=1S/C16H16N2OS/c1-17-8-14-15(10-6-7-10)18-16(20-14)12-9-19-13-5-3-2-4-11(12)13/h2-5,9-10,17H,6-8H2,1H3. The monoisotopic (exact) mass is 284 g/mol. The van der Waals surface area contributed by atoms with E-state index in [0.717, 1.165) is 28.1 Å². The van der Waals surface area contributed by atoms with Gasteiger partial charge in [-0.05, 0) is 26.0 Å². The molecule has 0 aliphatic heterocycles. The van der Waals surface area contributed by atoms with Crippen LogP contribution in [0.5, 0.6) is 0 Å². The first-order chi connectivity index (χ1) is 9.86. The van der Waals surface area contributed by atoms with Crippen molar-refractivity contribution < 1.29 is 4.42 Å². The first-order valence-corrected chi connectivity index (χ1v) is 7.79. The molecule has 0 atom stereocenters. The highest BCUT2D eigenvalue weighted by Crippen LogP contribution is 2.45. The summed E-state index contributed by atoms with van der Waals surface area (Å²) >= 11 is 1.79. The van der Waals surface area contributed by atoms with E-state index in [2.05, 4.69) is 11.4 Å². The lowest BCUT2D eigenvalue weighted by atomic mass is 10.2. The predicted octanol–water partition coefficient (Wildman–Crippen LogP) is 4.15. The van der Waals surface area contributed by atoms with Crippen LogP contribution in [-0.4, -0.2) is 12.0 Å². The Labute approximate surface area is 121 Å². The van der Waals surface area contributed by atoms with Gasteiger partial charge in [0.2, 0.25) is 0 Å². The fraction of sp³-hybridized carbons (Fsp3) is 0.312. The quantitative estimate of drug-likeness (QED) is 0.782. The van der Waals surface area contributed by atoms with Gasteiger partial charge in [0.15, 0.2) is 0 Å². The van der Waals surface area contributed by atoms with Crippen molar-refractivity contribution >= 4 is 22.3 Å². The second-order valence-electron chi connectivity index (χ2n) is 5.28. The van der Waals surface area contributed by atoms with Crippen LogP contribution in [-0.2, 0) is 6.54 Å². The minimum absolute atomic E-state index is 0.682. The molecule has 20 heavy (non-hydrogen) atoms. The van der Waals surface area contributed by atoms with Crippen LogP contribution in [0.1, 0.15) is 29.3 Å². The Balaban J connectivity index is 1.83. The number of para-hydroxylation sites is 1. The fourth-order valence-corrected chi connectivity index (χ4v) is 3.76. The molecule has 4 rings (SSSR count). The highest BCUT2D eigenvalue weighted by molar-refractivity contribution is 7.15. The summed E-state index contributed by atoms with van der Waals surface area (Å²) in [6, 6.07) is 8.15. The molecule has 1 N–H and O–H groups in total. The van der Waals surface area contributed by atoms with E-state index in [0.29, 0.717) is 5.92 Å². The molecule has 1 aromatic carbocycles. The van der Waals surface area contributed by atoms with E-state index in [1.807, 2.05) is 31.5 Å². The summed E-state index contributed by atoms with van der Waals surface area (Å²) in [5.41, 5.74) is 3.35. The van der Waals surface area contributed by atoms with Crippen molar-refractivity contribution in [2.75, 3.05) is 7.05 Å². The summed E-state index contributed by atoms with van der Waals surface area (Å²) < 4.78 is 5.64. The van der Waals surface area contributed by atoms with Gasteiger partial charge < -0.3 is 9.73 Å². The largest absolute Gasteiger partial charge is 0.464 e. The molecule has 0 saturated heterocycles. The van der Waals surface area contributed by atoms with Crippen molar-refractivity contribution in [3.63, 3.8) is 0 Å². The molecule has 2 heterocycles. The summed E-state index contributed by atoms with van der Waals surface area (Å²) in [6.45, 7) is 0.902. The molecule has 2 aromatic heterocycles. The van der Waals surface area contributed by atoms with E-state index in [1.54, 1.807) is 11.3 Å². The third kappa shape index (κ3) is 1.96. The van der Waals surface area contributed by atoms with Gasteiger partial charge in [-0.3, -0.25) is 0 Å². The Hall–Kier alpha value is -1.65. The first-order valence-electron chi connectivity index (χ1n) is 6.97. The number of aromatic nitrogens is 1. The maximum Gasteiger partial charge on any atom is 0.134 e. The Bertz CT molecular complexity index is 755. The fourth-order valence-electron chi connectivity index (χ4n) is 2.59. The molecule has 4 heteroatoms. The van der Waals surface area contributed by atoms with E-state index >= 15 is 0 Å². The first kappa shape index (κ1) is 12.1. The number of rotatable bonds is 4. The van der Waals surface area contributed by atoms with Gasteiger partial charge in [0.05, 0.1) is 11.3 Å². The minimum atomic E-state index is 0.682. The van der Waals surface area contributed by atoms with Crippen molar-refractivity contribution in [2.24, 2.45) is 0 Å². The Morgan fingerprint density at radius 2 is 2.20 bits per heavy atom. The Kier molecular flexibility index (Phi) is 2.86. The van der Waals surface area contributed by atoms with Gasteiger partial charge in [0, 0.05) is 22.7 Å². The second-order valence-corrected chi connectivity index (χ2v) is 6.36. The van der Waals surface area contributed by atoms with Crippen LogP contribution >= 0.6 is 11.3 Å². The van der Waals surface area contributed by atoms with E-state index in [-0.39, 0.29) is 0 Å². The van der Waals surface area contributed by atoms with E-state index in [4.69, 9.17) is 9.40 Å². The number of benzene rings is 1. The molecular formula is C16H16N2OS. The van der Waals surface area contributed by atoms with Gasteiger partial charge in [0.1, 0.15) is 16.9 Å². The average Bonchev–Trinajstić information content (AvgIpc) is 3.09. The average molecular weight is 284 g/mol. The number of furan rings is 1. The summed E-state index contributed by atoms with van der Waals surface area (Å²) in [6.07, 6.45) is 4.40. The van der Waals surface area contributed by atoms with E-state index < -0.39 is 0 Å². The van der Waals surface area contributed by atoms with Crippen LogP contribution in [0.15, 0.2) is 34.9 Å². The normalized spacial score (nSPS) is 15.1. The Morgan fingerprint density at radius 1 is 1.35 bits per heavy atom. The molecule has 3 nitrogen and oxygen atoms in total. The highest BCUT2D eigenvalue weighted by atomic mass is 32.1. The third-order valence-corrected chi connectivity index (χ3v) is 4.84. The molecule has 1 aliphatic carbocycles. The maximum atomic E-state index is 5.64. The van der Waals surface area contributed by atoms with Crippen LogP contribution in [0.25, 0.3) is 21.5 Å². The molecule has 102 valence electrons. The highest BCUT2D eigenvalue weighted by Gasteiger charge is 2.30. The zero-order valence-electron chi connectivity index (χ0n) is 11.3. The minimum Gasteiger partial charge on any atom is -0.464 e. The zero-order valence-corrected chi connectivity index (χ0v) is 12.2. The van der Waals surface area contributed by atoms with E-state index in [1.165, 1.54) is 23.4 Å².